The highest BCUT2D eigenvalue weighted by Gasteiger charge is 2.28. The highest BCUT2D eigenvalue weighted by Crippen LogP contribution is 2.28. The van der Waals surface area contributed by atoms with Crippen LogP contribution in [0.5, 0.6) is 0 Å². The fraction of sp³-hybridized carbons (Fsp3) is 0.667. The van der Waals surface area contributed by atoms with Gasteiger partial charge in [-0.15, -0.1) is 0 Å². The SMILES string of the molecule is Cn1c(N)c(N2CCCC2CCCO)c(=O)[nH]c1=O. The molecular formula is C12H20N4O3. The van der Waals surface area contributed by atoms with Crippen LogP contribution in [0.3, 0.4) is 0 Å². The highest BCUT2D eigenvalue weighted by atomic mass is 16.3. The Morgan fingerprint density at radius 2 is 2.21 bits per heavy atom. The Labute approximate surface area is 110 Å². The molecule has 0 saturated carbocycles. The van der Waals surface area contributed by atoms with Gasteiger partial charge in [0.2, 0.25) is 0 Å². The van der Waals surface area contributed by atoms with Crippen molar-refractivity contribution in [3.8, 4) is 0 Å². The lowest BCUT2D eigenvalue weighted by atomic mass is 10.1. The summed E-state index contributed by atoms with van der Waals surface area (Å²) in [7, 11) is 1.54. The zero-order valence-electron chi connectivity index (χ0n) is 11.1. The molecule has 1 aromatic rings. The van der Waals surface area contributed by atoms with Crippen LogP contribution in [0.4, 0.5) is 11.5 Å². The molecule has 0 radical (unpaired) electrons. The molecule has 1 unspecified atom stereocenters. The summed E-state index contributed by atoms with van der Waals surface area (Å²) in [6, 6.07) is 0.202. The van der Waals surface area contributed by atoms with Crippen molar-refractivity contribution in [2.75, 3.05) is 23.8 Å². The van der Waals surface area contributed by atoms with Crippen molar-refractivity contribution in [3.63, 3.8) is 0 Å². The number of aliphatic hydroxyl groups is 1. The first-order chi connectivity index (χ1) is 9.06. The molecule has 0 bridgehead atoms. The van der Waals surface area contributed by atoms with E-state index in [1.54, 1.807) is 0 Å². The molecule has 7 nitrogen and oxygen atoms in total. The normalized spacial score (nSPS) is 19.1. The summed E-state index contributed by atoms with van der Waals surface area (Å²) < 4.78 is 1.25. The van der Waals surface area contributed by atoms with E-state index >= 15 is 0 Å². The second-order valence-electron chi connectivity index (χ2n) is 4.91. The molecule has 2 rings (SSSR count). The topological polar surface area (TPSA) is 104 Å². The van der Waals surface area contributed by atoms with E-state index in [0.717, 1.165) is 25.8 Å². The summed E-state index contributed by atoms with van der Waals surface area (Å²) in [5, 5.41) is 8.92. The lowest BCUT2D eigenvalue weighted by Gasteiger charge is -2.27. The first kappa shape index (κ1) is 13.7. The van der Waals surface area contributed by atoms with Crippen molar-refractivity contribution >= 4 is 11.5 Å². The molecule has 4 N–H and O–H groups in total. The van der Waals surface area contributed by atoms with Gasteiger partial charge in [0.15, 0.2) is 0 Å². The van der Waals surface area contributed by atoms with Crippen molar-refractivity contribution in [3.05, 3.63) is 20.8 Å². The Bertz CT molecular complexity index is 563. The van der Waals surface area contributed by atoms with Gasteiger partial charge in [-0.1, -0.05) is 0 Å². The third-order valence-corrected chi connectivity index (χ3v) is 3.70. The molecule has 1 atom stereocenters. The third kappa shape index (κ3) is 2.51. The van der Waals surface area contributed by atoms with Gasteiger partial charge in [0.1, 0.15) is 11.5 Å². The first-order valence-corrected chi connectivity index (χ1v) is 6.52. The number of nitrogen functional groups attached to an aromatic ring is 1. The van der Waals surface area contributed by atoms with E-state index in [4.69, 9.17) is 10.8 Å². The molecular weight excluding hydrogens is 248 g/mol. The second kappa shape index (κ2) is 5.48. The summed E-state index contributed by atoms with van der Waals surface area (Å²) in [6.45, 7) is 0.894. The molecule has 0 aliphatic carbocycles. The van der Waals surface area contributed by atoms with E-state index in [-0.39, 0.29) is 18.5 Å². The zero-order chi connectivity index (χ0) is 14.0. The van der Waals surface area contributed by atoms with Crippen molar-refractivity contribution in [1.82, 2.24) is 9.55 Å². The van der Waals surface area contributed by atoms with Crippen LogP contribution in [0, 0.1) is 0 Å². The molecule has 19 heavy (non-hydrogen) atoms. The predicted octanol–water partition coefficient (Wildman–Crippen LogP) is -0.603. The average molecular weight is 268 g/mol. The lowest BCUT2D eigenvalue weighted by molar-refractivity contribution is 0.279. The van der Waals surface area contributed by atoms with Crippen LogP contribution in [0.1, 0.15) is 25.7 Å². The van der Waals surface area contributed by atoms with E-state index in [0.29, 0.717) is 12.1 Å². The summed E-state index contributed by atoms with van der Waals surface area (Å²) in [4.78, 5) is 27.7. The third-order valence-electron chi connectivity index (χ3n) is 3.70. The number of H-pyrrole nitrogens is 1. The van der Waals surface area contributed by atoms with E-state index in [1.807, 2.05) is 4.90 Å². The fourth-order valence-electron chi connectivity index (χ4n) is 2.66. The maximum absolute atomic E-state index is 12.0. The minimum Gasteiger partial charge on any atom is -0.396 e. The minimum absolute atomic E-state index is 0.142. The lowest BCUT2D eigenvalue weighted by Crippen LogP contribution is -2.39. The van der Waals surface area contributed by atoms with Crippen molar-refractivity contribution < 1.29 is 5.11 Å². The van der Waals surface area contributed by atoms with Crippen LogP contribution in [0.15, 0.2) is 9.59 Å². The molecule has 0 amide bonds. The summed E-state index contributed by atoms with van der Waals surface area (Å²) in [5.74, 6) is 0.199. The number of rotatable bonds is 4. The largest absolute Gasteiger partial charge is 0.396 e. The van der Waals surface area contributed by atoms with Gasteiger partial charge in [0.25, 0.3) is 5.56 Å². The van der Waals surface area contributed by atoms with E-state index in [9.17, 15) is 9.59 Å². The zero-order valence-corrected chi connectivity index (χ0v) is 11.1. The van der Waals surface area contributed by atoms with Gasteiger partial charge in [-0.05, 0) is 25.7 Å². The molecule has 1 aromatic heterocycles. The number of nitrogens with two attached hydrogens (primary N) is 1. The molecule has 0 aromatic carbocycles. The average Bonchev–Trinajstić information content (AvgIpc) is 2.82. The molecule has 1 saturated heterocycles. The Morgan fingerprint density at radius 3 is 2.89 bits per heavy atom. The minimum atomic E-state index is -0.502. The monoisotopic (exact) mass is 268 g/mol. The summed E-state index contributed by atoms with van der Waals surface area (Å²) in [5.41, 5.74) is 5.35. The van der Waals surface area contributed by atoms with Gasteiger partial charge in [-0.3, -0.25) is 14.3 Å². The maximum atomic E-state index is 12.0. The van der Waals surface area contributed by atoms with Crippen LogP contribution < -0.4 is 21.9 Å². The Balaban J connectivity index is 2.38. The number of nitrogens with zero attached hydrogens (tertiary/aromatic N) is 2. The number of aliphatic hydroxyl groups excluding tert-OH is 1. The van der Waals surface area contributed by atoms with E-state index in [2.05, 4.69) is 4.98 Å². The Morgan fingerprint density at radius 1 is 1.47 bits per heavy atom. The maximum Gasteiger partial charge on any atom is 0.329 e. The van der Waals surface area contributed by atoms with Crippen molar-refractivity contribution in [2.45, 2.75) is 31.7 Å². The van der Waals surface area contributed by atoms with Gasteiger partial charge >= 0.3 is 5.69 Å². The summed E-state index contributed by atoms with van der Waals surface area (Å²) in [6.07, 6.45) is 3.47. The van der Waals surface area contributed by atoms with Gasteiger partial charge in [0.05, 0.1) is 0 Å². The van der Waals surface area contributed by atoms with Crippen molar-refractivity contribution in [2.24, 2.45) is 7.05 Å². The molecule has 1 aliphatic heterocycles. The molecule has 1 fully saturated rings. The number of aromatic amines is 1. The van der Waals surface area contributed by atoms with Gasteiger partial charge < -0.3 is 15.7 Å². The van der Waals surface area contributed by atoms with Crippen LogP contribution in [0.2, 0.25) is 0 Å². The number of hydrogen-bond donors (Lipinski definition) is 3. The van der Waals surface area contributed by atoms with E-state index < -0.39 is 11.2 Å². The number of hydrogen-bond acceptors (Lipinski definition) is 5. The van der Waals surface area contributed by atoms with E-state index in [1.165, 1.54) is 11.6 Å². The first-order valence-electron chi connectivity index (χ1n) is 6.52. The van der Waals surface area contributed by atoms with Crippen LogP contribution >= 0.6 is 0 Å². The standard InChI is InChI=1S/C12H20N4O3/c1-15-10(13)9(11(18)14-12(15)19)16-6-2-4-8(16)5-3-7-17/h8,17H,2-7,13H2,1H3,(H,14,18,19). The molecule has 7 heteroatoms. The predicted molar refractivity (Wildman–Crippen MR) is 73.4 cm³/mol. The van der Waals surface area contributed by atoms with Crippen LogP contribution in [-0.4, -0.2) is 33.9 Å². The van der Waals surface area contributed by atoms with Crippen molar-refractivity contribution in [1.29, 1.82) is 0 Å². The molecule has 106 valence electrons. The molecule has 0 spiro atoms. The van der Waals surface area contributed by atoms with Crippen LogP contribution in [-0.2, 0) is 7.05 Å². The number of nitrogens with one attached hydrogen (secondary N) is 1. The Hall–Kier alpha value is -1.76. The molecule has 2 heterocycles. The number of anilines is 2. The summed E-state index contributed by atoms with van der Waals surface area (Å²) >= 11 is 0. The highest BCUT2D eigenvalue weighted by molar-refractivity contribution is 5.63. The fourth-order valence-corrected chi connectivity index (χ4v) is 2.66. The quantitative estimate of drug-likeness (QED) is 0.676. The molecule has 1 aliphatic rings. The van der Waals surface area contributed by atoms with Gasteiger partial charge in [-0.2, -0.15) is 0 Å². The second-order valence-corrected chi connectivity index (χ2v) is 4.91. The van der Waals surface area contributed by atoms with Gasteiger partial charge in [0, 0.05) is 26.2 Å². The van der Waals surface area contributed by atoms with Gasteiger partial charge in [-0.25, -0.2) is 4.79 Å². The number of aromatic nitrogens is 2. The van der Waals surface area contributed by atoms with Crippen LogP contribution in [0.25, 0.3) is 0 Å². The smallest absolute Gasteiger partial charge is 0.329 e. The Kier molecular flexibility index (Phi) is 3.94.